The lowest BCUT2D eigenvalue weighted by Gasteiger charge is -2.08. The number of carboxylic acids is 1. The molecule has 0 aromatic heterocycles. The highest BCUT2D eigenvalue weighted by Crippen LogP contribution is 2.24. The summed E-state index contributed by atoms with van der Waals surface area (Å²) in [5.41, 5.74) is 0.526. The highest BCUT2D eigenvalue weighted by Gasteiger charge is 2.13. The molecule has 0 saturated carbocycles. The third-order valence-electron chi connectivity index (χ3n) is 2.02. The molecule has 0 fully saturated rings. The number of benzene rings is 1. The molecule has 4 heteroatoms. The predicted octanol–water partition coefficient (Wildman–Crippen LogP) is 1.36. The van der Waals surface area contributed by atoms with Gasteiger partial charge in [-0.25, -0.2) is 0 Å². The lowest BCUT2D eigenvalue weighted by Crippen LogP contribution is -2.12. The molecule has 1 rings (SSSR count). The molecule has 0 spiro atoms. The van der Waals surface area contributed by atoms with E-state index in [2.05, 4.69) is 0 Å². The van der Waals surface area contributed by atoms with Crippen molar-refractivity contribution >= 4 is 5.97 Å². The van der Waals surface area contributed by atoms with Crippen LogP contribution in [0, 0.1) is 5.92 Å². The molecule has 14 heavy (non-hydrogen) atoms. The Morgan fingerprint density at radius 3 is 2.57 bits per heavy atom. The second-order valence-electron chi connectivity index (χ2n) is 3.26. The highest BCUT2D eigenvalue weighted by molar-refractivity contribution is 5.70. The maximum atomic E-state index is 10.6. The fraction of sp³-hybridized carbons (Fsp3) is 0.300. The maximum absolute atomic E-state index is 10.6. The number of hydrogen-bond donors (Lipinski definition) is 3. The third-order valence-corrected chi connectivity index (χ3v) is 2.02. The van der Waals surface area contributed by atoms with Gasteiger partial charge >= 0.3 is 5.97 Å². The van der Waals surface area contributed by atoms with Crippen molar-refractivity contribution < 1.29 is 20.1 Å². The zero-order valence-electron chi connectivity index (χ0n) is 7.77. The van der Waals surface area contributed by atoms with Crippen molar-refractivity contribution in [2.45, 2.75) is 13.3 Å². The van der Waals surface area contributed by atoms with Crippen LogP contribution in [0.3, 0.4) is 0 Å². The molecule has 0 aliphatic carbocycles. The zero-order chi connectivity index (χ0) is 10.7. The smallest absolute Gasteiger partial charge is 0.306 e. The van der Waals surface area contributed by atoms with Crippen molar-refractivity contribution in [2.24, 2.45) is 5.92 Å². The SMILES string of the molecule is CC(Cc1ccc(O)cc1O)C(=O)O. The monoisotopic (exact) mass is 196 g/mol. The fourth-order valence-corrected chi connectivity index (χ4v) is 1.14. The Morgan fingerprint density at radius 2 is 2.07 bits per heavy atom. The molecule has 0 saturated heterocycles. The Hall–Kier alpha value is -1.71. The van der Waals surface area contributed by atoms with Crippen LogP contribution in [0.25, 0.3) is 0 Å². The van der Waals surface area contributed by atoms with E-state index in [1.807, 2.05) is 0 Å². The molecule has 0 heterocycles. The van der Waals surface area contributed by atoms with Crippen molar-refractivity contribution in [3.8, 4) is 11.5 Å². The Morgan fingerprint density at radius 1 is 1.43 bits per heavy atom. The molecule has 4 nitrogen and oxygen atoms in total. The van der Waals surface area contributed by atoms with Gasteiger partial charge in [-0.15, -0.1) is 0 Å². The molecular formula is C10H12O4. The minimum absolute atomic E-state index is 0.0331. The molecule has 76 valence electrons. The maximum Gasteiger partial charge on any atom is 0.306 e. The van der Waals surface area contributed by atoms with Crippen LogP contribution >= 0.6 is 0 Å². The summed E-state index contributed by atoms with van der Waals surface area (Å²) in [5.74, 6) is -1.56. The molecule has 1 unspecified atom stereocenters. The van der Waals surface area contributed by atoms with Gasteiger partial charge < -0.3 is 15.3 Å². The first-order chi connectivity index (χ1) is 6.50. The van der Waals surface area contributed by atoms with Crippen molar-refractivity contribution in [3.05, 3.63) is 23.8 Å². The second-order valence-corrected chi connectivity index (χ2v) is 3.26. The predicted molar refractivity (Wildman–Crippen MR) is 50.3 cm³/mol. The van der Waals surface area contributed by atoms with Crippen LogP contribution in [-0.4, -0.2) is 21.3 Å². The highest BCUT2D eigenvalue weighted by atomic mass is 16.4. The first-order valence-electron chi connectivity index (χ1n) is 4.24. The van der Waals surface area contributed by atoms with Gasteiger partial charge in [-0.3, -0.25) is 4.79 Å². The number of carboxylic acid groups (broad SMARTS) is 1. The second kappa shape index (κ2) is 4.00. The summed E-state index contributed by atoms with van der Waals surface area (Å²) in [5, 5.41) is 27.0. The molecule has 0 amide bonds. The summed E-state index contributed by atoms with van der Waals surface area (Å²) in [6, 6.07) is 4.14. The van der Waals surface area contributed by atoms with E-state index >= 15 is 0 Å². The summed E-state index contributed by atoms with van der Waals surface area (Å²) in [6.07, 6.45) is 0.251. The summed E-state index contributed by atoms with van der Waals surface area (Å²) >= 11 is 0. The number of aromatic hydroxyl groups is 2. The molecule has 0 aliphatic rings. The van der Waals surface area contributed by atoms with Crippen LogP contribution < -0.4 is 0 Å². The van der Waals surface area contributed by atoms with E-state index < -0.39 is 11.9 Å². The van der Waals surface area contributed by atoms with Crippen LogP contribution in [-0.2, 0) is 11.2 Å². The first-order valence-corrected chi connectivity index (χ1v) is 4.24. The molecule has 1 atom stereocenters. The summed E-state index contributed by atoms with van der Waals surface area (Å²) in [4.78, 5) is 10.6. The average Bonchev–Trinajstić information content (AvgIpc) is 2.09. The Kier molecular flexibility index (Phi) is 2.96. The van der Waals surface area contributed by atoms with Crippen LogP contribution in [0.15, 0.2) is 18.2 Å². The molecule has 3 N–H and O–H groups in total. The van der Waals surface area contributed by atoms with E-state index in [0.717, 1.165) is 0 Å². The Balaban J connectivity index is 2.82. The molecule has 0 bridgehead atoms. The van der Waals surface area contributed by atoms with Gasteiger partial charge in [-0.1, -0.05) is 13.0 Å². The van der Waals surface area contributed by atoms with Gasteiger partial charge in [0.1, 0.15) is 11.5 Å². The first kappa shape index (κ1) is 10.4. The van der Waals surface area contributed by atoms with Crippen molar-refractivity contribution in [2.75, 3.05) is 0 Å². The fourth-order valence-electron chi connectivity index (χ4n) is 1.14. The van der Waals surface area contributed by atoms with Crippen LogP contribution in [0.1, 0.15) is 12.5 Å². The van der Waals surface area contributed by atoms with E-state index in [4.69, 9.17) is 10.2 Å². The molecule has 1 aromatic rings. The lowest BCUT2D eigenvalue weighted by molar-refractivity contribution is -0.141. The minimum Gasteiger partial charge on any atom is -0.508 e. The lowest BCUT2D eigenvalue weighted by atomic mass is 10.0. The van der Waals surface area contributed by atoms with Crippen molar-refractivity contribution in [1.82, 2.24) is 0 Å². The van der Waals surface area contributed by atoms with Crippen LogP contribution in [0.2, 0.25) is 0 Å². The summed E-state index contributed by atoms with van der Waals surface area (Å²) < 4.78 is 0. The van der Waals surface area contributed by atoms with E-state index in [-0.39, 0.29) is 17.9 Å². The van der Waals surface area contributed by atoms with E-state index in [1.165, 1.54) is 18.2 Å². The number of phenolic OH excluding ortho intramolecular Hbond substituents is 2. The van der Waals surface area contributed by atoms with Crippen LogP contribution in [0.4, 0.5) is 0 Å². The van der Waals surface area contributed by atoms with Gasteiger partial charge in [0.25, 0.3) is 0 Å². The number of phenols is 2. The van der Waals surface area contributed by atoms with Gasteiger partial charge in [0.05, 0.1) is 5.92 Å². The molecule has 1 aromatic carbocycles. The summed E-state index contributed by atoms with van der Waals surface area (Å²) in [7, 11) is 0. The van der Waals surface area contributed by atoms with E-state index in [1.54, 1.807) is 6.92 Å². The minimum atomic E-state index is -0.905. The molecule has 0 aliphatic heterocycles. The van der Waals surface area contributed by atoms with Gasteiger partial charge in [-0.2, -0.15) is 0 Å². The number of carbonyl (C=O) groups is 1. The third kappa shape index (κ3) is 2.39. The largest absolute Gasteiger partial charge is 0.508 e. The normalized spacial score (nSPS) is 12.4. The summed E-state index contributed by atoms with van der Waals surface area (Å²) in [6.45, 7) is 1.56. The van der Waals surface area contributed by atoms with Crippen LogP contribution in [0.5, 0.6) is 11.5 Å². The van der Waals surface area contributed by atoms with E-state index in [9.17, 15) is 9.90 Å². The molecular weight excluding hydrogens is 184 g/mol. The number of hydrogen-bond acceptors (Lipinski definition) is 3. The molecule has 0 radical (unpaired) electrons. The van der Waals surface area contributed by atoms with Gasteiger partial charge in [0, 0.05) is 6.07 Å². The quantitative estimate of drug-likeness (QED) is 0.682. The van der Waals surface area contributed by atoms with Gasteiger partial charge in [0.2, 0.25) is 0 Å². The average molecular weight is 196 g/mol. The van der Waals surface area contributed by atoms with Crippen molar-refractivity contribution in [1.29, 1.82) is 0 Å². The number of aliphatic carboxylic acids is 1. The zero-order valence-corrected chi connectivity index (χ0v) is 7.77. The number of rotatable bonds is 3. The Labute approximate surface area is 81.4 Å². The van der Waals surface area contributed by atoms with E-state index in [0.29, 0.717) is 5.56 Å². The Bertz CT molecular complexity index is 346. The van der Waals surface area contributed by atoms with Gasteiger partial charge in [0.15, 0.2) is 0 Å². The topological polar surface area (TPSA) is 77.8 Å². The van der Waals surface area contributed by atoms with Gasteiger partial charge in [-0.05, 0) is 18.1 Å². The van der Waals surface area contributed by atoms with Crippen molar-refractivity contribution in [3.63, 3.8) is 0 Å². The standard InChI is InChI=1S/C10H12O4/c1-6(10(13)14)4-7-2-3-8(11)5-9(7)12/h2-3,5-6,11-12H,4H2,1H3,(H,13,14).